The number of aliphatic hydroxyl groups is 1. The van der Waals surface area contributed by atoms with Gasteiger partial charge in [0.05, 0.1) is 17.2 Å². The number of ether oxygens (including phenoxy) is 1. The van der Waals surface area contributed by atoms with Crippen LogP contribution in [-0.4, -0.2) is 38.4 Å². The number of rotatable bonds is 6. The van der Waals surface area contributed by atoms with Gasteiger partial charge < -0.3 is 20.0 Å². The van der Waals surface area contributed by atoms with E-state index < -0.39 is 23.8 Å². The van der Waals surface area contributed by atoms with E-state index in [-0.39, 0.29) is 23.3 Å². The Hall–Kier alpha value is -3.47. The maximum atomic E-state index is 12.8. The smallest absolute Gasteiger partial charge is 0.388 e. The molecule has 8 nitrogen and oxygen atoms in total. The lowest BCUT2D eigenvalue weighted by Gasteiger charge is -2.25. The van der Waals surface area contributed by atoms with E-state index in [1.54, 1.807) is 26.0 Å². The zero-order valence-electron chi connectivity index (χ0n) is 19.2. The molecule has 4 rings (SSSR count). The summed E-state index contributed by atoms with van der Waals surface area (Å²) in [6.45, 7) is 3.11. The third-order valence-electron chi connectivity index (χ3n) is 6.05. The highest BCUT2D eigenvalue weighted by molar-refractivity contribution is 6.04. The normalized spacial score (nSPS) is 18.9. The zero-order valence-corrected chi connectivity index (χ0v) is 19.2. The number of benzene rings is 1. The van der Waals surface area contributed by atoms with Crippen LogP contribution in [-0.2, 0) is 10.4 Å². The molecule has 0 aliphatic heterocycles. The largest absolute Gasteiger partial charge is 0.574 e. The van der Waals surface area contributed by atoms with Gasteiger partial charge in [-0.25, -0.2) is 4.98 Å². The minimum atomic E-state index is -4.94. The maximum absolute atomic E-state index is 12.8. The monoisotopic (exact) mass is 490 g/mol. The third-order valence-corrected chi connectivity index (χ3v) is 6.05. The predicted molar refractivity (Wildman–Crippen MR) is 121 cm³/mol. The zero-order chi connectivity index (χ0) is 25.4. The van der Waals surface area contributed by atoms with Crippen LogP contribution in [0.15, 0.2) is 36.5 Å². The van der Waals surface area contributed by atoms with Crippen molar-refractivity contribution in [1.82, 2.24) is 14.8 Å². The van der Waals surface area contributed by atoms with Gasteiger partial charge in [0.1, 0.15) is 12.0 Å². The Bertz CT molecular complexity index is 1240. The first-order valence-electron chi connectivity index (χ1n) is 11.2. The first kappa shape index (κ1) is 24.6. The summed E-state index contributed by atoms with van der Waals surface area (Å²) < 4.78 is 43.2. The minimum Gasteiger partial charge on any atom is -0.388 e. The second-order valence-corrected chi connectivity index (χ2v) is 9.19. The molecule has 0 spiro atoms. The van der Waals surface area contributed by atoms with E-state index >= 15 is 0 Å². The molecule has 2 aromatic heterocycles. The van der Waals surface area contributed by atoms with Crippen molar-refractivity contribution in [3.05, 3.63) is 47.8 Å². The summed E-state index contributed by atoms with van der Waals surface area (Å²) in [4.78, 5) is 27.5. The molecule has 1 aromatic carbocycles. The van der Waals surface area contributed by atoms with Gasteiger partial charge in [-0.15, -0.1) is 13.2 Å². The number of carbonyl (C=O) groups is 2. The molecule has 2 N–H and O–H groups in total. The molecule has 0 saturated heterocycles. The quantitative estimate of drug-likeness (QED) is 0.484. The lowest BCUT2D eigenvalue weighted by atomic mass is 9.87. The van der Waals surface area contributed by atoms with Crippen molar-refractivity contribution in [3.8, 4) is 5.88 Å². The number of aromatic nitrogens is 3. The van der Waals surface area contributed by atoms with Crippen molar-refractivity contribution in [2.45, 2.75) is 57.5 Å². The fourth-order valence-electron chi connectivity index (χ4n) is 4.29. The van der Waals surface area contributed by atoms with Gasteiger partial charge in [-0.3, -0.25) is 9.48 Å². The topological polar surface area (TPSA) is 106 Å². The molecule has 35 heavy (non-hydrogen) atoms. The molecule has 0 bridgehead atoms. The molecule has 1 saturated carbocycles. The second kappa shape index (κ2) is 9.29. The predicted octanol–water partition coefficient (Wildman–Crippen LogP) is 4.74. The van der Waals surface area contributed by atoms with E-state index in [2.05, 4.69) is 20.1 Å². The van der Waals surface area contributed by atoms with E-state index in [4.69, 9.17) is 0 Å². The molecule has 0 unspecified atom stereocenters. The highest BCUT2D eigenvalue weighted by Crippen LogP contribution is 2.35. The van der Waals surface area contributed by atoms with Crippen LogP contribution in [0.3, 0.4) is 0 Å². The minimum absolute atomic E-state index is 0.0773. The van der Waals surface area contributed by atoms with Crippen molar-refractivity contribution in [2.75, 3.05) is 5.32 Å². The standard InChI is InChI=1S/C24H25F3N4O4/c1-23(2,34)17-11-19-15(12-31(30-19)16-8-6-14(13-32)7-9-16)10-20(17)29-22(33)18-4-3-5-21(28-18)35-24(25,26)27/h3-5,10-14,16,34H,6-9H2,1-2H3,(H,29,33). The van der Waals surface area contributed by atoms with Crippen LogP contribution in [0.1, 0.15) is 61.6 Å². The fraction of sp³-hybridized carbons (Fsp3) is 0.417. The molecule has 3 aromatic rings. The molecular weight excluding hydrogens is 465 g/mol. The number of anilines is 1. The van der Waals surface area contributed by atoms with Crippen molar-refractivity contribution in [2.24, 2.45) is 5.92 Å². The molecule has 1 aliphatic rings. The van der Waals surface area contributed by atoms with Gasteiger partial charge in [0.2, 0.25) is 5.88 Å². The van der Waals surface area contributed by atoms with Crippen LogP contribution < -0.4 is 10.1 Å². The highest BCUT2D eigenvalue weighted by Gasteiger charge is 2.32. The first-order chi connectivity index (χ1) is 16.4. The molecule has 186 valence electrons. The Morgan fingerprint density at radius 1 is 1.20 bits per heavy atom. The molecule has 1 aliphatic carbocycles. The molecule has 1 amide bonds. The Labute approximate surface area is 199 Å². The van der Waals surface area contributed by atoms with Crippen LogP contribution in [0.4, 0.5) is 18.9 Å². The van der Waals surface area contributed by atoms with Crippen molar-refractivity contribution >= 4 is 28.8 Å². The number of carbonyl (C=O) groups excluding carboxylic acids is 2. The third kappa shape index (κ3) is 5.79. The number of amides is 1. The summed E-state index contributed by atoms with van der Waals surface area (Å²) in [6.07, 6.45) is 1.15. The summed E-state index contributed by atoms with van der Waals surface area (Å²) in [5.74, 6) is -1.44. The van der Waals surface area contributed by atoms with Gasteiger partial charge >= 0.3 is 6.36 Å². The molecule has 2 heterocycles. The van der Waals surface area contributed by atoms with Gasteiger partial charge in [-0.2, -0.15) is 5.10 Å². The summed E-state index contributed by atoms with van der Waals surface area (Å²) in [5.41, 5.74) is -0.344. The number of alkyl halides is 3. The molecule has 1 fully saturated rings. The molecule has 11 heteroatoms. The molecular formula is C24H25F3N4O4. The number of halogens is 3. The first-order valence-corrected chi connectivity index (χ1v) is 11.2. The Morgan fingerprint density at radius 2 is 1.91 bits per heavy atom. The van der Waals surface area contributed by atoms with Crippen molar-refractivity contribution in [1.29, 1.82) is 0 Å². The van der Waals surface area contributed by atoms with E-state index in [1.165, 1.54) is 12.1 Å². The van der Waals surface area contributed by atoms with Crippen LogP contribution in [0.5, 0.6) is 5.88 Å². The summed E-state index contributed by atoms with van der Waals surface area (Å²) in [7, 11) is 0. The lowest BCUT2D eigenvalue weighted by Crippen LogP contribution is -2.22. The fourth-order valence-corrected chi connectivity index (χ4v) is 4.29. The van der Waals surface area contributed by atoms with E-state index in [0.29, 0.717) is 16.5 Å². The number of hydrogen-bond acceptors (Lipinski definition) is 6. The number of fused-ring (bicyclic) bond motifs is 1. The second-order valence-electron chi connectivity index (χ2n) is 9.19. The molecule has 0 radical (unpaired) electrons. The number of nitrogens with zero attached hydrogens (tertiary/aromatic N) is 3. The Balaban J connectivity index is 1.63. The van der Waals surface area contributed by atoms with Crippen LogP contribution in [0.2, 0.25) is 0 Å². The average molecular weight is 490 g/mol. The van der Waals surface area contributed by atoms with Crippen LogP contribution in [0, 0.1) is 5.92 Å². The Morgan fingerprint density at radius 3 is 2.54 bits per heavy atom. The number of nitrogens with one attached hydrogen (secondary N) is 1. The molecule has 0 atom stereocenters. The van der Waals surface area contributed by atoms with Gasteiger partial charge in [0, 0.05) is 34.8 Å². The lowest BCUT2D eigenvalue weighted by molar-refractivity contribution is -0.276. The number of hydrogen-bond donors (Lipinski definition) is 2. The van der Waals surface area contributed by atoms with E-state index in [0.717, 1.165) is 38.0 Å². The van der Waals surface area contributed by atoms with Crippen molar-refractivity contribution < 1.29 is 32.6 Å². The van der Waals surface area contributed by atoms with E-state index in [1.807, 2.05) is 10.9 Å². The van der Waals surface area contributed by atoms with Gasteiger partial charge in [-0.1, -0.05) is 6.07 Å². The van der Waals surface area contributed by atoms with E-state index in [9.17, 15) is 27.9 Å². The Kier molecular flexibility index (Phi) is 6.54. The summed E-state index contributed by atoms with van der Waals surface area (Å²) in [6, 6.07) is 6.96. The summed E-state index contributed by atoms with van der Waals surface area (Å²) >= 11 is 0. The maximum Gasteiger partial charge on any atom is 0.574 e. The number of pyridine rings is 1. The highest BCUT2D eigenvalue weighted by atomic mass is 19.4. The van der Waals surface area contributed by atoms with Gasteiger partial charge in [0.25, 0.3) is 5.91 Å². The van der Waals surface area contributed by atoms with Gasteiger partial charge in [-0.05, 0) is 57.7 Å². The van der Waals surface area contributed by atoms with Crippen molar-refractivity contribution in [3.63, 3.8) is 0 Å². The van der Waals surface area contributed by atoms with Crippen LogP contribution >= 0.6 is 0 Å². The summed E-state index contributed by atoms with van der Waals surface area (Å²) in [5, 5.41) is 18.7. The SMILES string of the molecule is CC(C)(O)c1cc2nn(C3CCC(C=O)CC3)cc2cc1NC(=O)c1cccc(OC(F)(F)F)n1. The van der Waals surface area contributed by atoms with Crippen LogP contribution in [0.25, 0.3) is 10.9 Å². The number of aldehydes is 1. The van der Waals surface area contributed by atoms with Gasteiger partial charge in [0.15, 0.2) is 0 Å². The average Bonchev–Trinajstić information content (AvgIpc) is 3.20.